The topological polar surface area (TPSA) is 17.1 Å². The van der Waals surface area contributed by atoms with Gasteiger partial charge in [-0.2, -0.15) is 0 Å². The molecule has 0 N–H and O–H groups in total. The monoisotopic (exact) mass is 404 g/mol. The van der Waals surface area contributed by atoms with Crippen LogP contribution in [0.1, 0.15) is 26.2 Å². The first-order chi connectivity index (χ1) is 6.10. The molecule has 2 aliphatic carbocycles. The quantitative estimate of drug-likeness (QED) is 0.511. The molecule has 2 rings (SSSR count). The van der Waals surface area contributed by atoms with Crippen molar-refractivity contribution >= 4 is 51.0 Å². The van der Waals surface area contributed by atoms with Crippen LogP contribution in [0, 0.1) is 16.7 Å². The Morgan fingerprint density at radius 1 is 1.46 bits per heavy atom. The number of hydrogen-bond acceptors (Lipinski definition) is 1. The van der Waals surface area contributed by atoms with Crippen LogP contribution in [0.4, 0.5) is 0 Å². The second kappa shape index (κ2) is 3.32. The Kier molecular flexibility index (Phi) is 2.72. The fraction of sp³-hybridized carbons (Fsp3) is 0.900. The van der Waals surface area contributed by atoms with E-state index in [4.69, 9.17) is 0 Å². The molecule has 0 unspecified atom stereocenters. The second-order valence-electron chi connectivity index (χ2n) is 4.63. The van der Waals surface area contributed by atoms with Crippen molar-refractivity contribution in [3.63, 3.8) is 0 Å². The number of fused-ring (bicyclic) bond motifs is 2. The number of ketones is 1. The summed E-state index contributed by atoms with van der Waals surface area (Å²) in [6, 6.07) is 0. The van der Waals surface area contributed by atoms with Gasteiger partial charge in [-0.15, -0.1) is 0 Å². The summed E-state index contributed by atoms with van der Waals surface area (Å²) in [5.41, 5.74) is 0.366. The molecule has 0 aromatic rings. The maximum Gasteiger partial charge on any atom is 0.140 e. The van der Waals surface area contributed by atoms with Crippen molar-refractivity contribution in [2.45, 2.75) is 26.2 Å². The van der Waals surface area contributed by atoms with Crippen LogP contribution in [0.2, 0.25) is 0 Å². The molecule has 2 aliphatic rings. The minimum Gasteiger partial charge on any atom is -0.299 e. The molecule has 0 saturated heterocycles. The van der Waals surface area contributed by atoms with E-state index < -0.39 is 0 Å². The zero-order valence-electron chi connectivity index (χ0n) is 7.78. The fourth-order valence-electron chi connectivity index (χ4n) is 3.15. The van der Waals surface area contributed by atoms with Crippen LogP contribution in [0.25, 0.3) is 0 Å². The molecular weight excluding hydrogens is 390 g/mol. The molecule has 0 aliphatic heterocycles. The van der Waals surface area contributed by atoms with Gasteiger partial charge in [0.2, 0.25) is 0 Å². The molecule has 0 aromatic carbocycles. The summed E-state index contributed by atoms with van der Waals surface area (Å²) in [5, 5.41) is 0. The van der Waals surface area contributed by atoms with Gasteiger partial charge in [0.05, 0.1) is 0 Å². The zero-order valence-corrected chi connectivity index (χ0v) is 12.1. The number of halogens is 2. The number of carbonyl (C=O) groups excluding carboxylic acids is 1. The van der Waals surface area contributed by atoms with Crippen LogP contribution in [-0.4, -0.2) is 14.6 Å². The average molecular weight is 404 g/mol. The van der Waals surface area contributed by atoms with Gasteiger partial charge in [0, 0.05) is 20.7 Å². The lowest BCUT2D eigenvalue weighted by atomic mass is 9.70. The van der Waals surface area contributed by atoms with Crippen molar-refractivity contribution in [3.05, 3.63) is 0 Å². The summed E-state index contributed by atoms with van der Waals surface area (Å²) >= 11 is 4.87. The summed E-state index contributed by atoms with van der Waals surface area (Å²) < 4.78 is 2.17. The Bertz CT molecular complexity index is 253. The van der Waals surface area contributed by atoms with Crippen molar-refractivity contribution in [3.8, 4) is 0 Å². The molecule has 74 valence electrons. The summed E-state index contributed by atoms with van der Waals surface area (Å²) in [5.74, 6) is 1.24. The van der Waals surface area contributed by atoms with E-state index >= 15 is 0 Å². The Morgan fingerprint density at radius 3 is 2.54 bits per heavy atom. The van der Waals surface area contributed by atoms with E-state index in [1.165, 1.54) is 6.42 Å². The van der Waals surface area contributed by atoms with Crippen LogP contribution < -0.4 is 0 Å². The third kappa shape index (κ3) is 1.12. The molecule has 0 heterocycles. The van der Waals surface area contributed by atoms with Crippen molar-refractivity contribution in [2.24, 2.45) is 16.7 Å². The van der Waals surface area contributed by atoms with Crippen molar-refractivity contribution in [2.75, 3.05) is 8.86 Å². The minimum absolute atomic E-state index is 0.0550. The van der Waals surface area contributed by atoms with Crippen molar-refractivity contribution in [1.29, 1.82) is 0 Å². The van der Waals surface area contributed by atoms with E-state index in [0.29, 0.717) is 17.1 Å². The highest BCUT2D eigenvalue weighted by molar-refractivity contribution is 14.1. The number of alkyl halides is 2. The molecule has 2 saturated carbocycles. The Hall–Kier alpha value is 1.13. The number of rotatable bonds is 2. The van der Waals surface area contributed by atoms with E-state index in [1.807, 2.05) is 0 Å². The molecule has 2 fully saturated rings. The molecule has 0 aromatic heterocycles. The predicted molar refractivity (Wildman–Crippen MR) is 70.7 cm³/mol. The summed E-state index contributed by atoms with van der Waals surface area (Å²) in [7, 11) is 0. The number of Topliss-reactive ketones (excluding diaryl/α,β-unsaturated/α-hetero) is 1. The van der Waals surface area contributed by atoms with Crippen molar-refractivity contribution < 1.29 is 4.79 Å². The highest BCUT2D eigenvalue weighted by Gasteiger charge is 2.65. The lowest BCUT2D eigenvalue weighted by Gasteiger charge is -2.36. The van der Waals surface area contributed by atoms with Gasteiger partial charge in [-0.05, 0) is 24.2 Å². The van der Waals surface area contributed by atoms with Crippen LogP contribution in [0.5, 0.6) is 0 Å². The first-order valence-electron chi connectivity index (χ1n) is 4.76. The molecule has 3 heteroatoms. The van der Waals surface area contributed by atoms with Gasteiger partial charge >= 0.3 is 0 Å². The first kappa shape index (κ1) is 10.6. The van der Waals surface area contributed by atoms with Crippen LogP contribution in [-0.2, 0) is 4.79 Å². The largest absolute Gasteiger partial charge is 0.299 e. The SMILES string of the molecule is C[C@]1(CI)[C@H]2CC[C@@]1(CI)C(=O)C2. The highest BCUT2D eigenvalue weighted by Crippen LogP contribution is 2.65. The van der Waals surface area contributed by atoms with E-state index in [0.717, 1.165) is 21.7 Å². The van der Waals surface area contributed by atoms with Gasteiger partial charge in [0.15, 0.2) is 0 Å². The van der Waals surface area contributed by atoms with Crippen LogP contribution in [0.3, 0.4) is 0 Å². The first-order valence-corrected chi connectivity index (χ1v) is 7.81. The van der Waals surface area contributed by atoms with Gasteiger partial charge in [-0.25, -0.2) is 0 Å². The Labute approximate surface area is 107 Å². The maximum absolute atomic E-state index is 12.0. The molecule has 3 atom stereocenters. The average Bonchev–Trinajstić information content (AvgIpc) is 2.53. The standard InChI is InChI=1S/C10H14I2O/c1-9(5-11)7-2-3-10(9,6-12)8(13)4-7/h7H,2-6H2,1H3/t7-,9-,10+/m0/s1. The van der Waals surface area contributed by atoms with Gasteiger partial charge in [-0.3, -0.25) is 4.79 Å². The molecule has 0 spiro atoms. The third-order valence-corrected chi connectivity index (χ3v) is 7.27. The van der Waals surface area contributed by atoms with E-state index in [-0.39, 0.29) is 5.41 Å². The third-order valence-electron chi connectivity index (χ3n) is 4.39. The summed E-state index contributed by atoms with van der Waals surface area (Å²) in [6.45, 7) is 2.33. The fourth-order valence-corrected chi connectivity index (χ4v) is 6.18. The van der Waals surface area contributed by atoms with Crippen LogP contribution >= 0.6 is 45.2 Å². The lowest BCUT2D eigenvalue weighted by Crippen LogP contribution is -2.40. The van der Waals surface area contributed by atoms with E-state index in [9.17, 15) is 4.79 Å². The molecule has 2 bridgehead atoms. The second-order valence-corrected chi connectivity index (χ2v) is 6.16. The molecule has 13 heavy (non-hydrogen) atoms. The lowest BCUT2D eigenvalue weighted by molar-refractivity contribution is -0.127. The normalized spacial score (nSPS) is 48.8. The highest BCUT2D eigenvalue weighted by atomic mass is 127. The predicted octanol–water partition coefficient (Wildman–Crippen LogP) is 3.23. The molecule has 0 amide bonds. The van der Waals surface area contributed by atoms with Crippen molar-refractivity contribution in [1.82, 2.24) is 0 Å². The van der Waals surface area contributed by atoms with Crippen LogP contribution in [0.15, 0.2) is 0 Å². The molecular formula is C10H14I2O. The Morgan fingerprint density at radius 2 is 2.15 bits per heavy atom. The van der Waals surface area contributed by atoms with Gasteiger partial charge in [0.25, 0.3) is 0 Å². The summed E-state index contributed by atoms with van der Waals surface area (Å²) in [6.07, 6.45) is 3.30. The van der Waals surface area contributed by atoms with Gasteiger partial charge < -0.3 is 0 Å². The van der Waals surface area contributed by atoms with Gasteiger partial charge in [0.1, 0.15) is 5.78 Å². The number of hydrogen-bond donors (Lipinski definition) is 0. The smallest absolute Gasteiger partial charge is 0.140 e. The zero-order chi connectivity index (χ0) is 9.69. The molecule has 1 nitrogen and oxygen atoms in total. The van der Waals surface area contributed by atoms with E-state index in [2.05, 4.69) is 52.1 Å². The minimum atomic E-state index is 0.0550. The van der Waals surface area contributed by atoms with E-state index in [1.54, 1.807) is 0 Å². The number of carbonyl (C=O) groups is 1. The van der Waals surface area contributed by atoms with Gasteiger partial charge in [-0.1, -0.05) is 52.1 Å². The maximum atomic E-state index is 12.0. The Balaban J connectivity index is 2.45. The summed E-state index contributed by atoms with van der Waals surface area (Å²) in [4.78, 5) is 12.0. The molecule has 0 radical (unpaired) electrons.